The zero-order chi connectivity index (χ0) is 13.0. The highest BCUT2D eigenvalue weighted by Crippen LogP contribution is 2.24. The SMILES string of the molecule is CC(C)N(CC1CCCCN1)c1ncncc1Br. The molecule has 2 rings (SSSR count). The minimum absolute atomic E-state index is 0.430. The van der Waals surface area contributed by atoms with Crippen LogP contribution in [0.4, 0.5) is 5.82 Å². The van der Waals surface area contributed by atoms with Crippen LogP contribution in [-0.2, 0) is 0 Å². The number of nitrogens with zero attached hydrogens (tertiary/aromatic N) is 3. The highest BCUT2D eigenvalue weighted by atomic mass is 79.9. The molecule has 1 aliphatic rings. The van der Waals surface area contributed by atoms with Gasteiger partial charge in [0.05, 0.1) is 4.47 Å². The van der Waals surface area contributed by atoms with E-state index in [0.29, 0.717) is 12.1 Å². The maximum Gasteiger partial charge on any atom is 0.146 e. The molecule has 1 fully saturated rings. The summed E-state index contributed by atoms with van der Waals surface area (Å²) in [6.45, 7) is 6.56. The largest absolute Gasteiger partial charge is 0.352 e. The van der Waals surface area contributed by atoms with Crippen LogP contribution in [-0.4, -0.2) is 35.1 Å². The summed E-state index contributed by atoms with van der Waals surface area (Å²) in [4.78, 5) is 10.8. The molecule has 0 aromatic carbocycles. The molecule has 1 aromatic rings. The van der Waals surface area contributed by atoms with Crippen LogP contribution in [0.25, 0.3) is 0 Å². The second-order valence-electron chi connectivity index (χ2n) is 5.09. The molecular formula is C13H21BrN4. The van der Waals surface area contributed by atoms with E-state index < -0.39 is 0 Å². The van der Waals surface area contributed by atoms with Gasteiger partial charge in [0.25, 0.3) is 0 Å². The van der Waals surface area contributed by atoms with Crippen molar-refractivity contribution in [3.05, 3.63) is 17.0 Å². The molecule has 1 aromatic heterocycles. The summed E-state index contributed by atoms with van der Waals surface area (Å²) in [5.74, 6) is 0.993. The number of anilines is 1. The maximum atomic E-state index is 4.41. The molecule has 5 heteroatoms. The van der Waals surface area contributed by atoms with Crippen LogP contribution in [0.15, 0.2) is 17.0 Å². The molecule has 0 aliphatic carbocycles. The molecular weight excluding hydrogens is 292 g/mol. The number of nitrogens with one attached hydrogen (secondary N) is 1. The summed E-state index contributed by atoms with van der Waals surface area (Å²) in [5, 5.41) is 3.59. The summed E-state index contributed by atoms with van der Waals surface area (Å²) in [6, 6.07) is 1.00. The standard InChI is InChI=1S/C13H21BrN4/c1-10(2)18(8-11-5-3-4-6-16-11)13-12(14)7-15-9-17-13/h7,9-11,16H,3-6,8H2,1-2H3. The first kappa shape index (κ1) is 13.7. The third kappa shape index (κ3) is 3.42. The molecule has 0 amide bonds. The van der Waals surface area contributed by atoms with E-state index in [1.807, 2.05) is 6.20 Å². The molecule has 0 saturated carbocycles. The molecule has 0 radical (unpaired) electrons. The third-order valence-electron chi connectivity index (χ3n) is 3.37. The third-order valence-corrected chi connectivity index (χ3v) is 3.93. The summed E-state index contributed by atoms with van der Waals surface area (Å²) >= 11 is 3.54. The van der Waals surface area contributed by atoms with Gasteiger partial charge in [-0.05, 0) is 49.2 Å². The van der Waals surface area contributed by atoms with Crippen molar-refractivity contribution in [2.75, 3.05) is 18.0 Å². The molecule has 0 bridgehead atoms. The first-order chi connectivity index (χ1) is 8.68. The number of piperidine rings is 1. The first-order valence-corrected chi connectivity index (χ1v) is 7.43. The Morgan fingerprint density at radius 3 is 2.94 bits per heavy atom. The van der Waals surface area contributed by atoms with Crippen LogP contribution < -0.4 is 10.2 Å². The lowest BCUT2D eigenvalue weighted by molar-refractivity contribution is 0.392. The van der Waals surface area contributed by atoms with Gasteiger partial charge in [0, 0.05) is 24.8 Å². The minimum atomic E-state index is 0.430. The molecule has 1 saturated heterocycles. The summed E-state index contributed by atoms with van der Waals surface area (Å²) in [6.07, 6.45) is 7.31. The van der Waals surface area contributed by atoms with E-state index in [2.05, 4.69) is 50.0 Å². The molecule has 100 valence electrons. The van der Waals surface area contributed by atoms with E-state index in [4.69, 9.17) is 0 Å². The Hall–Kier alpha value is -0.680. The average molecular weight is 313 g/mol. The Morgan fingerprint density at radius 2 is 2.33 bits per heavy atom. The number of halogens is 1. The van der Waals surface area contributed by atoms with Crippen molar-refractivity contribution in [1.29, 1.82) is 0 Å². The van der Waals surface area contributed by atoms with Crippen molar-refractivity contribution in [2.24, 2.45) is 0 Å². The van der Waals surface area contributed by atoms with Gasteiger partial charge in [0.1, 0.15) is 12.1 Å². The summed E-state index contributed by atoms with van der Waals surface area (Å²) in [7, 11) is 0. The lowest BCUT2D eigenvalue weighted by Gasteiger charge is -2.34. The van der Waals surface area contributed by atoms with Gasteiger partial charge in [-0.2, -0.15) is 0 Å². The van der Waals surface area contributed by atoms with Gasteiger partial charge in [0.2, 0.25) is 0 Å². The van der Waals surface area contributed by atoms with Gasteiger partial charge in [-0.3, -0.25) is 0 Å². The molecule has 1 unspecified atom stereocenters. The fraction of sp³-hybridized carbons (Fsp3) is 0.692. The Bertz CT molecular complexity index is 377. The Balaban J connectivity index is 2.10. The molecule has 0 spiro atoms. The second-order valence-corrected chi connectivity index (χ2v) is 5.94. The van der Waals surface area contributed by atoms with Crippen LogP contribution in [0.1, 0.15) is 33.1 Å². The lowest BCUT2D eigenvalue weighted by Crippen LogP contribution is -2.46. The van der Waals surface area contributed by atoms with Crippen molar-refractivity contribution in [2.45, 2.75) is 45.2 Å². The molecule has 2 heterocycles. The molecule has 4 nitrogen and oxygen atoms in total. The van der Waals surface area contributed by atoms with Crippen LogP contribution >= 0.6 is 15.9 Å². The van der Waals surface area contributed by atoms with E-state index in [0.717, 1.165) is 23.4 Å². The second kappa shape index (κ2) is 6.48. The van der Waals surface area contributed by atoms with Crippen molar-refractivity contribution in [3.8, 4) is 0 Å². The van der Waals surface area contributed by atoms with Gasteiger partial charge in [0.15, 0.2) is 0 Å². The van der Waals surface area contributed by atoms with Gasteiger partial charge >= 0.3 is 0 Å². The molecule has 18 heavy (non-hydrogen) atoms. The highest BCUT2D eigenvalue weighted by molar-refractivity contribution is 9.10. The van der Waals surface area contributed by atoms with Crippen LogP contribution in [0, 0.1) is 0 Å². The van der Waals surface area contributed by atoms with Crippen molar-refractivity contribution >= 4 is 21.7 Å². The first-order valence-electron chi connectivity index (χ1n) is 6.64. The molecule has 1 atom stereocenters. The van der Waals surface area contributed by atoms with Crippen molar-refractivity contribution in [1.82, 2.24) is 15.3 Å². The Morgan fingerprint density at radius 1 is 1.50 bits per heavy atom. The van der Waals surface area contributed by atoms with Gasteiger partial charge in [-0.1, -0.05) is 6.42 Å². The van der Waals surface area contributed by atoms with Crippen LogP contribution in [0.5, 0.6) is 0 Å². The Labute approximate surface area is 117 Å². The fourth-order valence-corrected chi connectivity index (χ4v) is 2.83. The monoisotopic (exact) mass is 312 g/mol. The highest BCUT2D eigenvalue weighted by Gasteiger charge is 2.21. The lowest BCUT2D eigenvalue weighted by atomic mass is 10.0. The number of hydrogen-bond acceptors (Lipinski definition) is 4. The van der Waals surface area contributed by atoms with Gasteiger partial charge < -0.3 is 10.2 Å². The fourth-order valence-electron chi connectivity index (χ4n) is 2.38. The zero-order valence-corrected chi connectivity index (χ0v) is 12.7. The quantitative estimate of drug-likeness (QED) is 0.928. The van der Waals surface area contributed by atoms with Gasteiger partial charge in [-0.25, -0.2) is 9.97 Å². The van der Waals surface area contributed by atoms with E-state index in [9.17, 15) is 0 Å². The van der Waals surface area contributed by atoms with E-state index >= 15 is 0 Å². The van der Waals surface area contributed by atoms with Crippen molar-refractivity contribution < 1.29 is 0 Å². The van der Waals surface area contributed by atoms with Gasteiger partial charge in [-0.15, -0.1) is 0 Å². The maximum absolute atomic E-state index is 4.41. The van der Waals surface area contributed by atoms with E-state index in [-0.39, 0.29) is 0 Å². The molecule has 1 aliphatic heterocycles. The van der Waals surface area contributed by atoms with Crippen LogP contribution in [0.2, 0.25) is 0 Å². The number of rotatable bonds is 4. The zero-order valence-electron chi connectivity index (χ0n) is 11.1. The molecule has 1 N–H and O–H groups in total. The average Bonchev–Trinajstić information content (AvgIpc) is 2.38. The minimum Gasteiger partial charge on any atom is -0.352 e. The van der Waals surface area contributed by atoms with E-state index in [1.54, 1.807) is 6.33 Å². The summed E-state index contributed by atoms with van der Waals surface area (Å²) < 4.78 is 0.967. The smallest absolute Gasteiger partial charge is 0.146 e. The predicted molar refractivity (Wildman–Crippen MR) is 77.9 cm³/mol. The normalized spacial score (nSPS) is 20.1. The van der Waals surface area contributed by atoms with Crippen molar-refractivity contribution in [3.63, 3.8) is 0 Å². The predicted octanol–water partition coefficient (Wildman–Crippen LogP) is 2.60. The van der Waals surface area contributed by atoms with Crippen LogP contribution in [0.3, 0.4) is 0 Å². The van der Waals surface area contributed by atoms with E-state index in [1.165, 1.54) is 19.3 Å². The summed E-state index contributed by atoms with van der Waals surface area (Å²) in [5.41, 5.74) is 0. The topological polar surface area (TPSA) is 41.0 Å². The number of aromatic nitrogens is 2. The Kier molecular flexibility index (Phi) is 4.95. The number of hydrogen-bond donors (Lipinski definition) is 1.